The Morgan fingerprint density at radius 2 is 1.90 bits per heavy atom. The quantitative estimate of drug-likeness (QED) is 0.581. The van der Waals surface area contributed by atoms with E-state index in [9.17, 15) is 18.0 Å². The number of nitrogens with zero attached hydrogens (tertiary/aromatic N) is 1. The van der Waals surface area contributed by atoms with E-state index in [1.807, 2.05) is 0 Å². The minimum atomic E-state index is -2.95. The molecule has 1 aromatic heterocycles. The number of ether oxygens (including phenoxy) is 1. The molecule has 0 aliphatic carbocycles. The third-order valence-electron chi connectivity index (χ3n) is 4.24. The molecule has 0 aliphatic heterocycles. The molecule has 29 heavy (non-hydrogen) atoms. The van der Waals surface area contributed by atoms with Crippen LogP contribution < -0.4 is 10.1 Å². The molecule has 0 bridgehead atoms. The fraction of sp³-hybridized carbons (Fsp3) is 0.238. The van der Waals surface area contributed by atoms with Crippen molar-refractivity contribution in [3.05, 3.63) is 72.0 Å². The Morgan fingerprint density at radius 1 is 1.17 bits per heavy atom. The minimum Gasteiger partial charge on any atom is -0.441 e. The van der Waals surface area contributed by atoms with Crippen molar-refractivity contribution in [1.29, 1.82) is 0 Å². The van der Waals surface area contributed by atoms with Crippen LogP contribution in [0.2, 0.25) is 0 Å². The first-order valence-corrected chi connectivity index (χ1v) is 8.96. The van der Waals surface area contributed by atoms with Crippen LogP contribution in [0.5, 0.6) is 5.75 Å². The molecule has 1 atom stereocenters. The van der Waals surface area contributed by atoms with Gasteiger partial charge in [0, 0.05) is 18.4 Å². The van der Waals surface area contributed by atoms with Crippen molar-refractivity contribution in [3.8, 4) is 17.1 Å². The molecule has 0 spiro atoms. The van der Waals surface area contributed by atoms with E-state index in [2.05, 4.69) is 15.0 Å². The number of benzene rings is 2. The average molecular weight is 404 g/mol. The lowest BCUT2D eigenvalue weighted by Crippen LogP contribution is -2.27. The molecule has 0 radical (unpaired) electrons. The summed E-state index contributed by atoms with van der Waals surface area (Å²) in [5.74, 6) is -0.142. The average Bonchev–Trinajstić information content (AvgIpc) is 3.15. The first kappa shape index (κ1) is 20.4. The largest absolute Gasteiger partial charge is 0.441 e. The molecular weight excluding hydrogens is 385 g/mol. The molecule has 0 saturated carbocycles. The van der Waals surface area contributed by atoms with E-state index < -0.39 is 18.5 Å². The van der Waals surface area contributed by atoms with E-state index in [4.69, 9.17) is 4.42 Å². The molecule has 2 aromatic carbocycles. The van der Waals surface area contributed by atoms with E-state index in [0.717, 1.165) is 0 Å². The van der Waals surface area contributed by atoms with Crippen LogP contribution in [-0.4, -0.2) is 17.5 Å². The first-order chi connectivity index (χ1) is 13.9. The fourth-order valence-corrected chi connectivity index (χ4v) is 2.86. The Kier molecular flexibility index (Phi) is 6.54. The second kappa shape index (κ2) is 9.27. The van der Waals surface area contributed by atoms with Crippen LogP contribution >= 0.6 is 0 Å². The standard InChI is InChI=1S/C21H19F3N2O3/c1-13(14-6-3-5-9-17(14)29-21(23)24)26-19(27)10-11-20-25-12-18(28-20)15-7-2-4-8-16(15)22/h2-9,12-13,21H,10-11H2,1H3,(H,26,27). The zero-order valence-electron chi connectivity index (χ0n) is 15.6. The van der Waals surface area contributed by atoms with Gasteiger partial charge < -0.3 is 14.5 Å². The van der Waals surface area contributed by atoms with Gasteiger partial charge >= 0.3 is 6.61 Å². The van der Waals surface area contributed by atoms with Crippen LogP contribution in [0.1, 0.15) is 30.8 Å². The van der Waals surface area contributed by atoms with E-state index in [-0.39, 0.29) is 30.3 Å². The van der Waals surface area contributed by atoms with Crippen molar-refractivity contribution < 1.29 is 27.1 Å². The molecule has 1 heterocycles. The Bertz CT molecular complexity index is 975. The van der Waals surface area contributed by atoms with Crippen molar-refractivity contribution in [2.45, 2.75) is 32.4 Å². The number of aryl methyl sites for hydroxylation is 1. The van der Waals surface area contributed by atoms with Gasteiger partial charge in [0.05, 0.1) is 17.8 Å². The van der Waals surface area contributed by atoms with Crippen LogP contribution in [0.25, 0.3) is 11.3 Å². The normalized spacial score (nSPS) is 12.0. The van der Waals surface area contributed by atoms with E-state index in [1.165, 1.54) is 18.3 Å². The number of alkyl halides is 2. The molecule has 1 unspecified atom stereocenters. The van der Waals surface area contributed by atoms with Gasteiger partial charge in [-0.2, -0.15) is 8.78 Å². The highest BCUT2D eigenvalue weighted by molar-refractivity contribution is 5.76. The summed E-state index contributed by atoms with van der Waals surface area (Å²) in [4.78, 5) is 16.3. The zero-order chi connectivity index (χ0) is 20.8. The monoisotopic (exact) mass is 404 g/mol. The second-order valence-corrected chi connectivity index (χ2v) is 6.30. The number of para-hydroxylation sites is 1. The molecule has 3 rings (SSSR count). The fourth-order valence-electron chi connectivity index (χ4n) is 2.86. The van der Waals surface area contributed by atoms with Crippen molar-refractivity contribution in [2.75, 3.05) is 0 Å². The minimum absolute atomic E-state index is 0.0116. The third-order valence-corrected chi connectivity index (χ3v) is 4.24. The smallest absolute Gasteiger partial charge is 0.387 e. The highest BCUT2D eigenvalue weighted by Gasteiger charge is 2.17. The molecule has 0 aliphatic rings. The number of halogens is 3. The number of amides is 1. The number of oxazole rings is 1. The topological polar surface area (TPSA) is 64.4 Å². The van der Waals surface area contributed by atoms with Gasteiger partial charge in [-0.25, -0.2) is 9.37 Å². The van der Waals surface area contributed by atoms with Crippen molar-refractivity contribution in [2.24, 2.45) is 0 Å². The predicted molar refractivity (Wildman–Crippen MR) is 99.8 cm³/mol. The Morgan fingerprint density at radius 3 is 2.66 bits per heavy atom. The number of aromatic nitrogens is 1. The molecule has 0 fully saturated rings. The van der Waals surface area contributed by atoms with E-state index in [0.29, 0.717) is 17.0 Å². The molecule has 3 aromatic rings. The van der Waals surface area contributed by atoms with Gasteiger partial charge in [0.2, 0.25) is 5.91 Å². The van der Waals surface area contributed by atoms with Gasteiger partial charge in [-0.15, -0.1) is 0 Å². The second-order valence-electron chi connectivity index (χ2n) is 6.30. The SMILES string of the molecule is CC(NC(=O)CCc1ncc(-c2ccccc2F)o1)c1ccccc1OC(F)F. The van der Waals surface area contributed by atoms with E-state index >= 15 is 0 Å². The van der Waals surface area contributed by atoms with Gasteiger partial charge in [-0.05, 0) is 25.1 Å². The summed E-state index contributed by atoms with van der Waals surface area (Å²) in [5, 5.41) is 2.73. The number of carbonyl (C=O) groups is 1. The number of carbonyl (C=O) groups excluding carboxylic acids is 1. The number of rotatable bonds is 8. The van der Waals surface area contributed by atoms with Gasteiger partial charge in [0.15, 0.2) is 11.7 Å². The molecule has 152 valence electrons. The maximum Gasteiger partial charge on any atom is 0.387 e. The van der Waals surface area contributed by atoms with Crippen LogP contribution in [0, 0.1) is 5.82 Å². The summed E-state index contributed by atoms with van der Waals surface area (Å²) in [5.41, 5.74) is 0.735. The highest BCUT2D eigenvalue weighted by Crippen LogP contribution is 2.27. The van der Waals surface area contributed by atoms with E-state index in [1.54, 1.807) is 43.3 Å². The maximum absolute atomic E-state index is 13.8. The van der Waals surface area contributed by atoms with Gasteiger partial charge in [0.25, 0.3) is 0 Å². The Balaban J connectivity index is 1.58. The first-order valence-electron chi connectivity index (χ1n) is 8.96. The third kappa shape index (κ3) is 5.37. The van der Waals surface area contributed by atoms with Gasteiger partial charge in [-0.1, -0.05) is 30.3 Å². The summed E-state index contributed by atoms with van der Waals surface area (Å²) >= 11 is 0. The molecule has 8 heteroatoms. The predicted octanol–water partition coefficient (Wildman–Crippen LogP) is 4.89. The number of hydrogen-bond donors (Lipinski definition) is 1. The van der Waals surface area contributed by atoms with Gasteiger partial charge in [0.1, 0.15) is 11.6 Å². The molecule has 0 saturated heterocycles. The molecule has 5 nitrogen and oxygen atoms in total. The Hall–Kier alpha value is -3.29. The van der Waals surface area contributed by atoms with Crippen LogP contribution in [0.15, 0.2) is 59.1 Å². The van der Waals surface area contributed by atoms with Crippen molar-refractivity contribution in [1.82, 2.24) is 10.3 Å². The number of nitrogens with one attached hydrogen (secondary N) is 1. The van der Waals surface area contributed by atoms with Crippen molar-refractivity contribution in [3.63, 3.8) is 0 Å². The number of hydrogen-bond acceptors (Lipinski definition) is 4. The highest BCUT2D eigenvalue weighted by atomic mass is 19.3. The lowest BCUT2D eigenvalue weighted by Gasteiger charge is -2.18. The molecular formula is C21H19F3N2O3. The Labute approximate surface area is 165 Å². The maximum atomic E-state index is 13.8. The summed E-state index contributed by atoms with van der Waals surface area (Å²) in [6.07, 6.45) is 1.69. The molecule has 1 amide bonds. The molecule has 1 N–H and O–H groups in total. The summed E-state index contributed by atoms with van der Waals surface area (Å²) in [7, 11) is 0. The van der Waals surface area contributed by atoms with Gasteiger partial charge in [-0.3, -0.25) is 4.79 Å². The lowest BCUT2D eigenvalue weighted by atomic mass is 10.1. The lowest BCUT2D eigenvalue weighted by molar-refractivity contribution is -0.121. The van der Waals surface area contributed by atoms with Crippen LogP contribution in [-0.2, 0) is 11.2 Å². The summed E-state index contributed by atoms with van der Waals surface area (Å²) in [6.45, 7) is -1.28. The zero-order valence-corrected chi connectivity index (χ0v) is 15.6. The summed E-state index contributed by atoms with van der Waals surface area (Å²) < 4.78 is 48.9. The van der Waals surface area contributed by atoms with Crippen LogP contribution in [0.3, 0.4) is 0 Å². The van der Waals surface area contributed by atoms with Crippen LogP contribution in [0.4, 0.5) is 13.2 Å². The van der Waals surface area contributed by atoms with Crippen molar-refractivity contribution >= 4 is 5.91 Å². The summed E-state index contributed by atoms with van der Waals surface area (Å²) in [6, 6.07) is 11.9.